The van der Waals surface area contributed by atoms with Crippen molar-refractivity contribution in [1.82, 2.24) is 9.69 Å². The minimum Gasteiger partial charge on any atom is -0.481 e. The van der Waals surface area contributed by atoms with Gasteiger partial charge >= 0.3 is 5.97 Å². The van der Waals surface area contributed by atoms with Gasteiger partial charge in [-0.05, 0) is 18.0 Å². The van der Waals surface area contributed by atoms with Gasteiger partial charge in [-0.15, -0.1) is 0 Å². The first-order valence-corrected chi connectivity index (χ1v) is 5.86. The van der Waals surface area contributed by atoms with Crippen molar-refractivity contribution in [3.05, 3.63) is 15.1 Å². The Hall–Kier alpha value is -0.850. The van der Waals surface area contributed by atoms with Crippen LogP contribution in [-0.4, -0.2) is 27.9 Å². The Morgan fingerprint density at radius 2 is 2.12 bits per heavy atom. The predicted molar refractivity (Wildman–Crippen MR) is 61.3 cm³/mol. The quantitative estimate of drug-likeness (QED) is 0.810. The van der Waals surface area contributed by atoms with Gasteiger partial charge in [-0.3, -0.25) is 9.59 Å². The zero-order valence-corrected chi connectivity index (χ0v) is 10.3. The number of amides is 1. The van der Waals surface area contributed by atoms with E-state index in [2.05, 4.69) is 9.69 Å². The highest BCUT2D eigenvalue weighted by Gasteiger charge is 2.16. The molecule has 0 bridgehead atoms. The van der Waals surface area contributed by atoms with Crippen molar-refractivity contribution < 1.29 is 14.7 Å². The zero-order valence-electron chi connectivity index (χ0n) is 8.00. The van der Waals surface area contributed by atoms with Gasteiger partial charge in [0.15, 0.2) is 5.69 Å². The number of carboxylic acid groups (broad SMARTS) is 1. The number of halogens is 2. The van der Waals surface area contributed by atoms with E-state index in [-0.39, 0.29) is 28.0 Å². The van der Waals surface area contributed by atoms with Crippen molar-refractivity contribution in [2.75, 3.05) is 6.54 Å². The Labute approximate surface area is 106 Å². The lowest BCUT2D eigenvalue weighted by atomic mass is 10.3. The molecular weight excluding hydrogens is 275 g/mol. The first-order chi connectivity index (χ1) is 7.52. The summed E-state index contributed by atoms with van der Waals surface area (Å²) in [7, 11) is 0. The van der Waals surface area contributed by atoms with E-state index in [9.17, 15) is 9.59 Å². The number of nitrogens with zero attached hydrogens (tertiary/aromatic N) is 1. The van der Waals surface area contributed by atoms with E-state index < -0.39 is 11.9 Å². The van der Waals surface area contributed by atoms with Gasteiger partial charge in [-0.2, -0.15) is 4.37 Å². The lowest BCUT2D eigenvalue weighted by Crippen LogP contribution is -2.25. The summed E-state index contributed by atoms with van der Waals surface area (Å²) in [6.07, 6.45) is 0.363. The van der Waals surface area contributed by atoms with Crippen molar-refractivity contribution in [3.8, 4) is 0 Å². The molecule has 1 aromatic rings. The Morgan fingerprint density at radius 3 is 2.62 bits per heavy atom. The van der Waals surface area contributed by atoms with Gasteiger partial charge < -0.3 is 10.4 Å². The van der Waals surface area contributed by atoms with Crippen LogP contribution in [0.25, 0.3) is 0 Å². The monoisotopic (exact) mass is 282 g/mol. The van der Waals surface area contributed by atoms with Crippen LogP contribution in [0.3, 0.4) is 0 Å². The number of rotatable bonds is 5. The van der Waals surface area contributed by atoms with Crippen LogP contribution in [0, 0.1) is 0 Å². The molecule has 16 heavy (non-hydrogen) atoms. The molecule has 0 saturated heterocycles. The standard InChI is InChI=1S/C8H8Cl2N2O3S/c9-5-6(12-16-7(5)10)8(15)11-3-1-2-4(13)14/h1-3H2,(H,11,15)(H,13,14). The summed E-state index contributed by atoms with van der Waals surface area (Å²) in [5, 5.41) is 11.0. The van der Waals surface area contributed by atoms with Crippen LogP contribution in [0.2, 0.25) is 9.36 Å². The van der Waals surface area contributed by atoms with Crippen molar-refractivity contribution in [3.63, 3.8) is 0 Å². The van der Waals surface area contributed by atoms with Crippen molar-refractivity contribution in [2.45, 2.75) is 12.8 Å². The highest BCUT2D eigenvalue weighted by atomic mass is 35.5. The highest BCUT2D eigenvalue weighted by molar-refractivity contribution is 7.11. The molecule has 0 unspecified atom stereocenters. The molecule has 5 nitrogen and oxygen atoms in total. The third-order valence-electron chi connectivity index (χ3n) is 1.67. The number of hydrogen-bond acceptors (Lipinski definition) is 4. The molecule has 2 N–H and O–H groups in total. The Bertz CT molecular complexity index is 408. The summed E-state index contributed by atoms with van der Waals surface area (Å²) in [6, 6.07) is 0. The van der Waals surface area contributed by atoms with Crippen LogP contribution in [0.4, 0.5) is 0 Å². The zero-order chi connectivity index (χ0) is 12.1. The number of carbonyl (C=O) groups is 2. The van der Waals surface area contributed by atoms with E-state index in [0.29, 0.717) is 6.42 Å². The predicted octanol–water partition coefficient (Wildman–Crippen LogP) is 2.04. The maximum atomic E-state index is 11.5. The molecule has 0 fully saturated rings. The third kappa shape index (κ3) is 3.62. The average molecular weight is 283 g/mol. The van der Waals surface area contributed by atoms with Crippen molar-refractivity contribution in [1.29, 1.82) is 0 Å². The molecule has 0 saturated carbocycles. The Morgan fingerprint density at radius 1 is 1.44 bits per heavy atom. The van der Waals surface area contributed by atoms with Gasteiger partial charge in [-0.25, -0.2) is 0 Å². The maximum Gasteiger partial charge on any atom is 0.303 e. The molecule has 0 atom stereocenters. The summed E-state index contributed by atoms with van der Waals surface area (Å²) < 4.78 is 4.04. The van der Waals surface area contributed by atoms with Crippen molar-refractivity contribution >= 4 is 46.6 Å². The molecule has 1 rings (SSSR count). The van der Waals surface area contributed by atoms with Gasteiger partial charge in [0, 0.05) is 13.0 Å². The van der Waals surface area contributed by atoms with E-state index in [1.54, 1.807) is 0 Å². The van der Waals surface area contributed by atoms with Gasteiger partial charge in [0.2, 0.25) is 0 Å². The topological polar surface area (TPSA) is 79.3 Å². The van der Waals surface area contributed by atoms with E-state index in [1.807, 2.05) is 0 Å². The molecule has 1 aromatic heterocycles. The summed E-state index contributed by atoms with van der Waals surface area (Å²) >= 11 is 12.3. The van der Waals surface area contributed by atoms with Crippen LogP contribution in [0.15, 0.2) is 0 Å². The largest absolute Gasteiger partial charge is 0.481 e. The molecule has 0 radical (unpaired) electrons. The Balaban J connectivity index is 2.41. The van der Waals surface area contributed by atoms with E-state index in [4.69, 9.17) is 28.3 Å². The molecule has 0 aliphatic rings. The molecule has 1 amide bonds. The molecule has 0 aromatic carbocycles. The molecule has 8 heteroatoms. The van der Waals surface area contributed by atoms with Crippen molar-refractivity contribution in [2.24, 2.45) is 0 Å². The number of aliphatic carboxylic acids is 1. The van der Waals surface area contributed by atoms with Gasteiger partial charge in [0.1, 0.15) is 9.36 Å². The second-order valence-corrected chi connectivity index (χ2v) is 4.63. The van der Waals surface area contributed by atoms with Crippen LogP contribution < -0.4 is 5.32 Å². The van der Waals surface area contributed by atoms with Crippen LogP contribution in [0.1, 0.15) is 23.3 Å². The summed E-state index contributed by atoms with van der Waals surface area (Å²) in [6.45, 7) is 0.261. The van der Waals surface area contributed by atoms with Crippen LogP contribution in [-0.2, 0) is 4.79 Å². The molecule has 0 aliphatic carbocycles. The first kappa shape index (κ1) is 13.2. The lowest BCUT2D eigenvalue weighted by Gasteiger charge is -2.01. The Kier molecular flexibility index (Phi) is 4.98. The summed E-state index contributed by atoms with van der Waals surface area (Å²) in [4.78, 5) is 21.7. The van der Waals surface area contributed by atoms with E-state index in [0.717, 1.165) is 11.5 Å². The molecule has 0 spiro atoms. The van der Waals surface area contributed by atoms with E-state index >= 15 is 0 Å². The molecule has 0 aliphatic heterocycles. The van der Waals surface area contributed by atoms with Gasteiger partial charge in [-0.1, -0.05) is 23.2 Å². The normalized spacial score (nSPS) is 10.1. The van der Waals surface area contributed by atoms with E-state index in [1.165, 1.54) is 0 Å². The summed E-state index contributed by atoms with van der Waals surface area (Å²) in [5.74, 6) is -1.34. The number of nitrogens with one attached hydrogen (secondary N) is 1. The fraction of sp³-hybridized carbons (Fsp3) is 0.375. The number of carbonyl (C=O) groups excluding carboxylic acids is 1. The lowest BCUT2D eigenvalue weighted by molar-refractivity contribution is -0.137. The van der Waals surface area contributed by atoms with Gasteiger partial charge in [0.05, 0.1) is 0 Å². The molecule has 1 heterocycles. The minimum atomic E-state index is -0.899. The van der Waals surface area contributed by atoms with Gasteiger partial charge in [0.25, 0.3) is 5.91 Å². The van der Waals surface area contributed by atoms with Crippen LogP contribution in [0.5, 0.6) is 0 Å². The molecular formula is C8H8Cl2N2O3S. The number of carboxylic acids is 1. The third-order valence-corrected chi connectivity index (χ3v) is 3.28. The average Bonchev–Trinajstić information content (AvgIpc) is 2.54. The fourth-order valence-corrected chi connectivity index (χ4v) is 1.92. The minimum absolute atomic E-state index is 0.00579. The first-order valence-electron chi connectivity index (χ1n) is 4.33. The second kappa shape index (κ2) is 6.03. The smallest absolute Gasteiger partial charge is 0.303 e. The fourth-order valence-electron chi connectivity index (χ4n) is 0.925. The SMILES string of the molecule is O=C(O)CCCNC(=O)c1nsc(Cl)c1Cl. The van der Waals surface area contributed by atoms with Crippen LogP contribution >= 0.6 is 34.7 Å². The highest BCUT2D eigenvalue weighted by Crippen LogP contribution is 2.29. The molecule has 88 valence electrons. The summed E-state index contributed by atoms with van der Waals surface area (Å²) in [5.41, 5.74) is 0.0759. The number of aromatic nitrogens is 1. The second-order valence-electron chi connectivity index (χ2n) is 2.87. The maximum absolute atomic E-state index is 11.5. The number of hydrogen-bond donors (Lipinski definition) is 2.